The summed E-state index contributed by atoms with van der Waals surface area (Å²) in [5, 5.41) is 0. The van der Waals surface area contributed by atoms with Crippen molar-refractivity contribution in [2.45, 2.75) is 31.1 Å². The first kappa shape index (κ1) is 14.2. The van der Waals surface area contributed by atoms with Crippen molar-refractivity contribution in [2.24, 2.45) is 5.73 Å². The molecular weight excluding hydrogens is 235 g/mol. The summed E-state index contributed by atoms with van der Waals surface area (Å²) in [5.74, 6) is -1.05. The fraction of sp³-hybridized carbons (Fsp3) is 0.900. The molecule has 0 saturated carbocycles. The molecule has 0 aliphatic carbocycles. The molecule has 1 aliphatic rings. The maximum Gasteiger partial charge on any atom is 0.415 e. The van der Waals surface area contributed by atoms with Gasteiger partial charge in [-0.3, -0.25) is 4.79 Å². The number of nitrogens with zero attached hydrogens (tertiary/aromatic N) is 2. The fourth-order valence-electron chi connectivity index (χ4n) is 1.80. The van der Waals surface area contributed by atoms with Crippen LogP contribution in [0.3, 0.4) is 0 Å². The fourth-order valence-corrected chi connectivity index (χ4v) is 1.80. The molecule has 100 valence electrons. The summed E-state index contributed by atoms with van der Waals surface area (Å²) < 4.78 is 37.8. The zero-order valence-electron chi connectivity index (χ0n) is 10.2. The molecular formula is C10H18F3N3O. The highest BCUT2D eigenvalue weighted by Crippen LogP contribution is 2.30. The summed E-state index contributed by atoms with van der Waals surface area (Å²) in [5.41, 5.74) is 2.31. The maximum absolute atomic E-state index is 12.6. The molecule has 0 bridgehead atoms. The molecule has 4 nitrogen and oxygen atoms in total. The van der Waals surface area contributed by atoms with E-state index in [9.17, 15) is 18.0 Å². The van der Waals surface area contributed by atoms with E-state index in [1.165, 1.54) is 4.90 Å². The van der Waals surface area contributed by atoms with Crippen LogP contribution in [0.5, 0.6) is 0 Å². The third-order valence-electron chi connectivity index (χ3n) is 3.21. The zero-order chi connectivity index (χ0) is 13.4. The Morgan fingerprint density at radius 2 is 1.94 bits per heavy atom. The standard InChI is InChI=1S/C10H18F3N3O/c1-9(14,10(11,12)13)8(17)16-5-4-7(6-16)15(2)3/h7H,4-6,14H2,1-3H3. The molecule has 0 aromatic carbocycles. The Bertz CT molecular complexity index is 302. The second kappa shape index (κ2) is 4.45. The summed E-state index contributed by atoms with van der Waals surface area (Å²) in [6, 6.07) is 0.1000. The van der Waals surface area contributed by atoms with Gasteiger partial charge in [0, 0.05) is 19.1 Å². The van der Waals surface area contributed by atoms with Crippen LogP contribution in [-0.4, -0.2) is 60.6 Å². The van der Waals surface area contributed by atoms with Crippen molar-refractivity contribution in [3.8, 4) is 0 Å². The van der Waals surface area contributed by atoms with Crippen LogP contribution in [-0.2, 0) is 4.79 Å². The second-order valence-corrected chi connectivity index (χ2v) is 4.86. The Kier molecular flexibility index (Phi) is 3.73. The van der Waals surface area contributed by atoms with Crippen LogP contribution in [0.25, 0.3) is 0 Å². The molecule has 2 atom stereocenters. The SMILES string of the molecule is CN(C)C1CCN(C(=O)C(C)(N)C(F)(F)F)C1. The van der Waals surface area contributed by atoms with Gasteiger partial charge in [-0.25, -0.2) is 0 Å². The van der Waals surface area contributed by atoms with Crippen LogP contribution in [0.2, 0.25) is 0 Å². The minimum atomic E-state index is -4.72. The number of likely N-dealkylation sites (N-methyl/N-ethyl adjacent to an activating group) is 1. The number of carbonyl (C=O) groups is 1. The van der Waals surface area contributed by atoms with Crippen molar-refractivity contribution in [3.05, 3.63) is 0 Å². The van der Waals surface area contributed by atoms with Gasteiger partial charge >= 0.3 is 6.18 Å². The van der Waals surface area contributed by atoms with Gasteiger partial charge in [-0.05, 0) is 27.4 Å². The summed E-state index contributed by atoms with van der Waals surface area (Å²) >= 11 is 0. The molecule has 0 aromatic heterocycles. The first-order valence-electron chi connectivity index (χ1n) is 5.38. The number of hydrogen-bond acceptors (Lipinski definition) is 3. The van der Waals surface area contributed by atoms with Crippen LogP contribution in [0.1, 0.15) is 13.3 Å². The van der Waals surface area contributed by atoms with Gasteiger partial charge in [0.25, 0.3) is 5.91 Å². The first-order valence-corrected chi connectivity index (χ1v) is 5.38. The largest absolute Gasteiger partial charge is 0.415 e. The van der Waals surface area contributed by atoms with E-state index in [1.807, 2.05) is 19.0 Å². The van der Waals surface area contributed by atoms with E-state index < -0.39 is 17.6 Å². The van der Waals surface area contributed by atoms with Gasteiger partial charge in [0.05, 0.1) is 0 Å². The number of halogens is 3. The number of rotatable bonds is 2. The molecule has 1 rings (SSSR count). The highest BCUT2D eigenvalue weighted by Gasteiger charge is 2.55. The lowest BCUT2D eigenvalue weighted by Gasteiger charge is -2.31. The number of nitrogens with two attached hydrogens (primary N) is 1. The quantitative estimate of drug-likeness (QED) is 0.776. The lowest BCUT2D eigenvalue weighted by atomic mass is 10.0. The van der Waals surface area contributed by atoms with Gasteiger partial charge in [-0.2, -0.15) is 13.2 Å². The van der Waals surface area contributed by atoms with E-state index in [0.29, 0.717) is 19.5 Å². The molecule has 1 amide bonds. The van der Waals surface area contributed by atoms with Crippen molar-refractivity contribution in [1.29, 1.82) is 0 Å². The Hall–Kier alpha value is -0.820. The number of hydrogen-bond donors (Lipinski definition) is 1. The van der Waals surface area contributed by atoms with Gasteiger partial charge in [0.1, 0.15) is 0 Å². The number of likely N-dealkylation sites (tertiary alicyclic amines) is 1. The van der Waals surface area contributed by atoms with E-state index >= 15 is 0 Å². The molecule has 0 spiro atoms. The maximum atomic E-state index is 12.6. The monoisotopic (exact) mass is 253 g/mol. The molecule has 7 heteroatoms. The number of amides is 1. The van der Waals surface area contributed by atoms with Crippen molar-refractivity contribution in [3.63, 3.8) is 0 Å². The highest BCUT2D eigenvalue weighted by atomic mass is 19.4. The molecule has 17 heavy (non-hydrogen) atoms. The van der Waals surface area contributed by atoms with E-state index in [4.69, 9.17) is 5.73 Å². The molecule has 2 N–H and O–H groups in total. The third-order valence-corrected chi connectivity index (χ3v) is 3.21. The van der Waals surface area contributed by atoms with Crippen molar-refractivity contribution in [1.82, 2.24) is 9.80 Å². The molecule has 0 aromatic rings. The van der Waals surface area contributed by atoms with E-state index in [2.05, 4.69) is 0 Å². The third kappa shape index (κ3) is 2.71. The average molecular weight is 253 g/mol. The Morgan fingerprint density at radius 1 is 1.41 bits per heavy atom. The molecule has 1 aliphatic heterocycles. The van der Waals surface area contributed by atoms with Gasteiger partial charge in [-0.15, -0.1) is 0 Å². The summed E-state index contributed by atoms with van der Waals surface area (Å²) in [4.78, 5) is 14.8. The molecule has 2 unspecified atom stereocenters. The van der Waals surface area contributed by atoms with Gasteiger partial charge in [-0.1, -0.05) is 0 Å². The topological polar surface area (TPSA) is 49.6 Å². The molecule has 1 heterocycles. The van der Waals surface area contributed by atoms with E-state index in [1.54, 1.807) is 0 Å². The van der Waals surface area contributed by atoms with Gasteiger partial charge in [0.2, 0.25) is 0 Å². The van der Waals surface area contributed by atoms with Crippen LogP contribution >= 0.6 is 0 Å². The van der Waals surface area contributed by atoms with Crippen LogP contribution in [0.4, 0.5) is 13.2 Å². The average Bonchev–Trinajstić information content (AvgIpc) is 2.63. The van der Waals surface area contributed by atoms with Crippen LogP contribution in [0.15, 0.2) is 0 Å². The highest BCUT2D eigenvalue weighted by molar-refractivity contribution is 5.87. The minimum Gasteiger partial charge on any atom is -0.339 e. The predicted octanol–water partition coefficient (Wildman–Crippen LogP) is 0.429. The Labute approximate surface area is 98.5 Å². The Balaban J connectivity index is 2.73. The van der Waals surface area contributed by atoms with Crippen molar-refractivity contribution < 1.29 is 18.0 Å². The predicted molar refractivity (Wildman–Crippen MR) is 57.3 cm³/mol. The van der Waals surface area contributed by atoms with Gasteiger partial charge < -0.3 is 15.5 Å². The zero-order valence-corrected chi connectivity index (χ0v) is 10.2. The minimum absolute atomic E-state index is 0.1000. The second-order valence-electron chi connectivity index (χ2n) is 4.86. The first-order chi connectivity index (χ1) is 7.57. The van der Waals surface area contributed by atoms with Crippen LogP contribution in [0, 0.1) is 0 Å². The lowest BCUT2D eigenvalue weighted by Crippen LogP contribution is -2.62. The van der Waals surface area contributed by atoms with Crippen molar-refractivity contribution in [2.75, 3.05) is 27.2 Å². The number of alkyl halides is 3. The lowest BCUT2D eigenvalue weighted by molar-refractivity contribution is -0.193. The summed E-state index contributed by atoms with van der Waals surface area (Å²) in [7, 11) is 3.67. The Morgan fingerprint density at radius 3 is 2.29 bits per heavy atom. The summed E-state index contributed by atoms with van der Waals surface area (Å²) in [6.45, 7) is 1.34. The van der Waals surface area contributed by atoms with E-state index in [0.717, 1.165) is 6.92 Å². The molecule has 1 fully saturated rings. The molecule has 1 saturated heterocycles. The summed E-state index contributed by atoms with van der Waals surface area (Å²) in [6.07, 6.45) is -4.05. The normalized spacial score (nSPS) is 25.2. The van der Waals surface area contributed by atoms with Crippen LogP contribution < -0.4 is 5.73 Å². The number of carbonyl (C=O) groups excluding carboxylic acids is 1. The van der Waals surface area contributed by atoms with Gasteiger partial charge in [0.15, 0.2) is 5.54 Å². The van der Waals surface area contributed by atoms with E-state index in [-0.39, 0.29) is 6.04 Å². The molecule has 0 radical (unpaired) electrons. The van der Waals surface area contributed by atoms with Crippen molar-refractivity contribution >= 4 is 5.91 Å². The smallest absolute Gasteiger partial charge is 0.339 e.